The standard InChI is InChI=1S/C23H26N2O4S/c1-4-13-29-20-10-12-22(17(2)14-20)24-23(26)16-25(3)30(27,28)21-11-9-18-7-5-6-8-19(18)15-21/h5-12,14-15H,4,13,16H2,1-3H3,(H,24,26). The van der Waals surface area contributed by atoms with Crippen molar-refractivity contribution in [1.29, 1.82) is 0 Å². The lowest BCUT2D eigenvalue weighted by molar-refractivity contribution is -0.116. The van der Waals surface area contributed by atoms with Crippen molar-refractivity contribution in [1.82, 2.24) is 4.31 Å². The third-order valence-corrected chi connectivity index (χ3v) is 6.54. The van der Waals surface area contributed by atoms with Gasteiger partial charge in [0.2, 0.25) is 15.9 Å². The fourth-order valence-electron chi connectivity index (χ4n) is 3.07. The zero-order valence-corrected chi connectivity index (χ0v) is 18.2. The zero-order valence-electron chi connectivity index (χ0n) is 17.4. The van der Waals surface area contributed by atoms with Crippen molar-refractivity contribution in [3.05, 3.63) is 66.2 Å². The van der Waals surface area contributed by atoms with E-state index in [2.05, 4.69) is 5.32 Å². The molecule has 0 aliphatic heterocycles. The summed E-state index contributed by atoms with van der Waals surface area (Å²) in [6.45, 7) is 4.24. The van der Waals surface area contributed by atoms with Crippen molar-refractivity contribution < 1.29 is 17.9 Å². The fourth-order valence-corrected chi connectivity index (χ4v) is 4.23. The number of anilines is 1. The summed E-state index contributed by atoms with van der Waals surface area (Å²) >= 11 is 0. The Morgan fingerprint density at radius 1 is 1.03 bits per heavy atom. The average molecular weight is 427 g/mol. The highest BCUT2D eigenvalue weighted by atomic mass is 32.2. The fraction of sp³-hybridized carbons (Fsp3) is 0.261. The number of nitrogens with zero attached hydrogens (tertiary/aromatic N) is 1. The summed E-state index contributed by atoms with van der Waals surface area (Å²) in [6.07, 6.45) is 0.912. The number of nitrogens with one attached hydrogen (secondary N) is 1. The maximum Gasteiger partial charge on any atom is 0.243 e. The van der Waals surface area contributed by atoms with Crippen LogP contribution in [0.5, 0.6) is 5.75 Å². The lowest BCUT2D eigenvalue weighted by Gasteiger charge is -2.18. The normalized spacial score (nSPS) is 11.6. The first-order chi connectivity index (χ1) is 14.3. The highest BCUT2D eigenvalue weighted by molar-refractivity contribution is 7.89. The number of aryl methyl sites for hydroxylation is 1. The van der Waals surface area contributed by atoms with E-state index in [0.29, 0.717) is 12.3 Å². The van der Waals surface area contributed by atoms with Gasteiger partial charge in [0, 0.05) is 12.7 Å². The molecule has 0 atom stereocenters. The van der Waals surface area contributed by atoms with Crippen molar-refractivity contribution >= 4 is 32.4 Å². The number of sulfonamides is 1. The van der Waals surface area contributed by atoms with E-state index in [1.807, 2.05) is 44.2 Å². The Kier molecular flexibility index (Phi) is 6.74. The summed E-state index contributed by atoms with van der Waals surface area (Å²) in [5, 5.41) is 4.57. The molecule has 3 rings (SSSR count). The van der Waals surface area contributed by atoms with E-state index in [0.717, 1.165) is 32.8 Å². The van der Waals surface area contributed by atoms with Crippen LogP contribution in [-0.4, -0.2) is 38.8 Å². The topological polar surface area (TPSA) is 75.7 Å². The second-order valence-corrected chi connectivity index (χ2v) is 9.19. The first kappa shape index (κ1) is 21.8. The lowest BCUT2D eigenvalue weighted by Crippen LogP contribution is -2.35. The molecular weight excluding hydrogens is 400 g/mol. The third-order valence-electron chi connectivity index (χ3n) is 4.74. The monoisotopic (exact) mass is 426 g/mol. The highest BCUT2D eigenvalue weighted by Crippen LogP contribution is 2.23. The minimum absolute atomic E-state index is 0.158. The number of amides is 1. The first-order valence-electron chi connectivity index (χ1n) is 9.79. The summed E-state index contributed by atoms with van der Waals surface area (Å²) in [5.41, 5.74) is 1.47. The van der Waals surface area contributed by atoms with Gasteiger partial charge in [-0.25, -0.2) is 8.42 Å². The molecule has 0 radical (unpaired) electrons. The zero-order chi connectivity index (χ0) is 21.7. The number of rotatable bonds is 8. The van der Waals surface area contributed by atoms with Gasteiger partial charge in [-0.1, -0.05) is 37.3 Å². The average Bonchev–Trinajstić information content (AvgIpc) is 2.73. The van der Waals surface area contributed by atoms with Crippen LogP contribution in [0.15, 0.2) is 65.6 Å². The molecule has 30 heavy (non-hydrogen) atoms. The van der Waals surface area contributed by atoms with Crippen LogP contribution in [0.3, 0.4) is 0 Å². The molecule has 0 heterocycles. The molecule has 7 heteroatoms. The second kappa shape index (κ2) is 9.28. The van der Waals surface area contributed by atoms with Crippen LogP contribution in [0.4, 0.5) is 5.69 Å². The van der Waals surface area contributed by atoms with Crippen LogP contribution in [0.1, 0.15) is 18.9 Å². The molecule has 6 nitrogen and oxygen atoms in total. The summed E-state index contributed by atoms with van der Waals surface area (Å²) in [7, 11) is -2.39. The summed E-state index contributed by atoms with van der Waals surface area (Å²) < 4.78 is 32.5. The number of likely N-dealkylation sites (N-methyl/N-ethyl adjacent to an activating group) is 1. The molecule has 158 valence electrons. The van der Waals surface area contributed by atoms with Crippen LogP contribution < -0.4 is 10.1 Å². The number of carbonyl (C=O) groups is 1. The minimum atomic E-state index is -3.79. The largest absolute Gasteiger partial charge is 0.494 e. The number of fused-ring (bicyclic) bond motifs is 1. The Morgan fingerprint density at radius 3 is 2.47 bits per heavy atom. The van der Waals surface area contributed by atoms with Gasteiger partial charge in [-0.3, -0.25) is 4.79 Å². The van der Waals surface area contributed by atoms with Gasteiger partial charge in [0.1, 0.15) is 5.75 Å². The molecule has 0 unspecified atom stereocenters. The SMILES string of the molecule is CCCOc1ccc(NC(=O)CN(C)S(=O)(=O)c2ccc3ccccc3c2)c(C)c1. The van der Waals surface area contributed by atoms with Crippen LogP contribution in [0.2, 0.25) is 0 Å². The van der Waals surface area contributed by atoms with E-state index in [1.54, 1.807) is 30.3 Å². The molecule has 0 spiro atoms. The van der Waals surface area contributed by atoms with Crippen molar-refractivity contribution in [2.24, 2.45) is 0 Å². The summed E-state index contributed by atoms with van der Waals surface area (Å²) in [6, 6.07) is 17.9. The molecule has 3 aromatic carbocycles. The predicted molar refractivity (Wildman–Crippen MR) is 119 cm³/mol. The van der Waals surface area contributed by atoms with Gasteiger partial charge in [0.25, 0.3) is 0 Å². The van der Waals surface area contributed by atoms with Crippen LogP contribution in [0, 0.1) is 6.92 Å². The Balaban J connectivity index is 1.69. The summed E-state index contributed by atoms with van der Waals surface area (Å²) in [4.78, 5) is 12.6. The number of hydrogen-bond donors (Lipinski definition) is 1. The first-order valence-corrected chi connectivity index (χ1v) is 11.2. The van der Waals surface area contributed by atoms with Crippen LogP contribution in [0.25, 0.3) is 10.8 Å². The van der Waals surface area contributed by atoms with E-state index < -0.39 is 15.9 Å². The molecule has 0 saturated carbocycles. The maximum absolute atomic E-state index is 12.9. The third kappa shape index (κ3) is 4.98. The van der Waals surface area contributed by atoms with E-state index in [-0.39, 0.29) is 11.4 Å². The minimum Gasteiger partial charge on any atom is -0.494 e. The van der Waals surface area contributed by atoms with E-state index >= 15 is 0 Å². The number of benzene rings is 3. The number of ether oxygens (including phenoxy) is 1. The Morgan fingerprint density at radius 2 is 1.77 bits per heavy atom. The van der Waals surface area contributed by atoms with Crippen LogP contribution >= 0.6 is 0 Å². The van der Waals surface area contributed by atoms with Gasteiger partial charge in [0.05, 0.1) is 18.0 Å². The van der Waals surface area contributed by atoms with Crippen LogP contribution in [-0.2, 0) is 14.8 Å². The molecule has 0 saturated heterocycles. The molecule has 0 fully saturated rings. The van der Waals surface area contributed by atoms with Gasteiger partial charge >= 0.3 is 0 Å². The molecule has 0 aliphatic carbocycles. The molecule has 3 aromatic rings. The van der Waals surface area contributed by atoms with Gasteiger partial charge < -0.3 is 10.1 Å². The van der Waals surface area contributed by atoms with E-state index in [4.69, 9.17) is 4.74 Å². The van der Waals surface area contributed by atoms with Gasteiger partial charge in [-0.2, -0.15) is 4.31 Å². The Hall–Kier alpha value is -2.90. The molecule has 1 amide bonds. The van der Waals surface area contributed by atoms with Crippen molar-refractivity contribution in [2.45, 2.75) is 25.2 Å². The molecule has 1 N–H and O–H groups in total. The molecule has 0 aromatic heterocycles. The smallest absolute Gasteiger partial charge is 0.243 e. The van der Waals surface area contributed by atoms with Crippen molar-refractivity contribution in [3.63, 3.8) is 0 Å². The predicted octanol–water partition coefficient (Wildman–Crippen LogP) is 4.20. The van der Waals surface area contributed by atoms with E-state index in [1.165, 1.54) is 7.05 Å². The molecule has 0 bridgehead atoms. The Bertz CT molecular complexity index is 1160. The van der Waals surface area contributed by atoms with E-state index in [9.17, 15) is 13.2 Å². The van der Waals surface area contributed by atoms with Crippen molar-refractivity contribution in [3.8, 4) is 5.75 Å². The lowest BCUT2D eigenvalue weighted by atomic mass is 10.1. The second-order valence-electron chi connectivity index (χ2n) is 7.14. The molecular formula is C23H26N2O4S. The van der Waals surface area contributed by atoms with Gasteiger partial charge in [-0.15, -0.1) is 0 Å². The number of hydrogen-bond acceptors (Lipinski definition) is 4. The highest BCUT2D eigenvalue weighted by Gasteiger charge is 2.23. The number of carbonyl (C=O) groups excluding carboxylic acids is 1. The maximum atomic E-state index is 12.9. The quantitative estimate of drug-likeness (QED) is 0.586. The van der Waals surface area contributed by atoms with Gasteiger partial charge in [0.15, 0.2) is 0 Å². The molecule has 0 aliphatic rings. The van der Waals surface area contributed by atoms with Gasteiger partial charge in [-0.05, 0) is 60.0 Å². The Labute approximate surface area is 177 Å². The summed E-state index contributed by atoms with van der Waals surface area (Å²) in [5.74, 6) is 0.329. The van der Waals surface area contributed by atoms with Crippen molar-refractivity contribution in [2.75, 3.05) is 25.5 Å².